The minimum Gasteiger partial charge on any atom is -0.340 e. The third-order valence-corrected chi connectivity index (χ3v) is 4.53. The number of anilines is 2. The first kappa shape index (κ1) is 15.7. The summed E-state index contributed by atoms with van der Waals surface area (Å²) in [5.74, 6) is 1.59. The van der Waals surface area contributed by atoms with Gasteiger partial charge in [0.15, 0.2) is 5.82 Å². The Morgan fingerprint density at radius 1 is 1.12 bits per heavy atom. The zero-order valence-electron chi connectivity index (χ0n) is 14.2. The molecule has 0 bridgehead atoms. The highest BCUT2D eigenvalue weighted by Gasteiger charge is 2.22. The van der Waals surface area contributed by atoms with Gasteiger partial charge in [0.1, 0.15) is 5.82 Å². The van der Waals surface area contributed by atoms with Crippen molar-refractivity contribution in [2.24, 2.45) is 5.73 Å². The molecule has 1 atom stereocenters. The molecule has 5 nitrogen and oxygen atoms in total. The van der Waals surface area contributed by atoms with Crippen molar-refractivity contribution >= 4 is 11.5 Å². The van der Waals surface area contributed by atoms with Crippen LogP contribution in [0.1, 0.15) is 23.2 Å². The number of nitrogens with one attached hydrogen (secondary N) is 1. The standard InChI is InChI=1S/C20H21N5/c1-13-3-2-4-16(11-13)23-20-17-12-15(21)5-6-18(17)24-19(25-20)14-7-9-22-10-8-14/h2-4,7-11,15H,5-6,12,21H2,1H3,(H,23,24,25). The third kappa shape index (κ3) is 3.37. The molecule has 25 heavy (non-hydrogen) atoms. The molecule has 1 aliphatic carbocycles. The number of hydrogen-bond acceptors (Lipinski definition) is 5. The molecule has 126 valence electrons. The third-order valence-electron chi connectivity index (χ3n) is 4.53. The van der Waals surface area contributed by atoms with E-state index in [4.69, 9.17) is 15.7 Å². The molecule has 0 saturated carbocycles. The molecule has 1 unspecified atom stereocenters. The van der Waals surface area contributed by atoms with E-state index in [0.29, 0.717) is 0 Å². The van der Waals surface area contributed by atoms with Gasteiger partial charge in [-0.3, -0.25) is 4.98 Å². The molecule has 0 aliphatic heterocycles. The Morgan fingerprint density at radius 2 is 1.96 bits per heavy atom. The van der Waals surface area contributed by atoms with Gasteiger partial charge in [-0.25, -0.2) is 9.97 Å². The van der Waals surface area contributed by atoms with Gasteiger partial charge in [-0.2, -0.15) is 0 Å². The molecule has 0 fully saturated rings. The molecule has 5 heteroatoms. The van der Waals surface area contributed by atoms with Crippen LogP contribution in [0.15, 0.2) is 48.8 Å². The first-order chi connectivity index (χ1) is 12.2. The normalized spacial score (nSPS) is 16.3. The second kappa shape index (κ2) is 6.61. The molecule has 2 aromatic heterocycles. The van der Waals surface area contributed by atoms with E-state index in [2.05, 4.69) is 35.4 Å². The molecule has 3 N–H and O–H groups in total. The molecule has 2 heterocycles. The zero-order valence-corrected chi connectivity index (χ0v) is 14.2. The molecule has 0 spiro atoms. The Kier molecular flexibility index (Phi) is 4.15. The fourth-order valence-corrected chi connectivity index (χ4v) is 3.23. The summed E-state index contributed by atoms with van der Waals surface area (Å²) in [6.07, 6.45) is 6.19. The predicted octanol–water partition coefficient (Wildman–Crippen LogP) is 3.41. The van der Waals surface area contributed by atoms with E-state index in [1.54, 1.807) is 12.4 Å². The van der Waals surface area contributed by atoms with Crippen LogP contribution in [0.2, 0.25) is 0 Å². The molecule has 3 aromatic rings. The van der Waals surface area contributed by atoms with Crippen molar-refractivity contribution in [3.8, 4) is 11.4 Å². The average Bonchev–Trinajstić information content (AvgIpc) is 2.63. The minimum atomic E-state index is 0.168. The Hall–Kier alpha value is -2.79. The Bertz CT molecular complexity index is 892. The summed E-state index contributed by atoms with van der Waals surface area (Å²) in [5.41, 5.74) is 11.6. The van der Waals surface area contributed by atoms with Gasteiger partial charge in [-0.1, -0.05) is 12.1 Å². The summed E-state index contributed by atoms with van der Waals surface area (Å²) < 4.78 is 0. The van der Waals surface area contributed by atoms with Gasteiger partial charge < -0.3 is 11.1 Å². The lowest BCUT2D eigenvalue weighted by molar-refractivity contribution is 0.566. The molecule has 0 amide bonds. The zero-order chi connectivity index (χ0) is 17.2. The lowest BCUT2D eigenvalue weighted by Gasteiger charge is -2.24. The Balaban J connectivity index is 1.80. The lowest BCUT2D eigenvalue weighted by atomic mass is 9.92. The van der Waals surface area contributed by atoms with Crippen molar-refractivity contribution in [1.29, 1.82) is 0 Å². The van der Waals surface area contributed by atoms with Crippen LogP contribution in [0.3, 0.4) is 0 Å². The average molecular weight is 331 g/mol. The van der Waals surface area contributed by atoms with Gasteiger partial charge in [-0.05, 0) is 56.0 Å². The molecular weight excluding hydrogens is 310 g/mol. The topological polar surface area (TPSA) is 76.7 Å². The van der Waals surface area contributed by atoms with E-state index in [-0.39, 0.29) is 6.04 Å². The first-order valence-corrected chi connectivity index (χ1v) is 8.58. The molecular formula is C20H21N5. The predicted molar refractivity (Wildman–Crippen MR) is 99.7 cm³/mol. The highest BCUT2D eigenvalue weighted by Crippen LogP contribution is 2.30. The maximum atomic E-state index is 6.19. The van der Waals surface area contributed by atoms with E-state index < -0.39 is 0 Å². The van der Waals surface area contributed by atoms with Crippen molar-refractivity contribution in [2.45, 2.75) is 32.2 Å². The molecule has 1 aliphatic rings. The Labute approximate surface area is 147 Å². The van der Waals surface area contributed by atoms with Crippen molar-refractivity contribution in [3.05, 3.63) is 65.6 Å². The SMILES string of the molecule is Cc1cccc(Nc2nc(-c3ccncc3)nc3c2CC(N)CC3)c1. The second-order valence-corrected chi connectivity index (χ2v) is 6.55. The van der Waals surface area contributed by atoms with Crippen LogP contribution >= 0.6 is 0 Å². The van der Waals surface area contributed by atoms with Gasteiger partial charge in [0.2, 0.25) is 0 Å². The molecule has 0 radical (unpaired) electrons. The molecule has 4 rings (SSSR count). The van der Waals surface area contributed by atoms with E-state index in [0.717, 1.165) is 53.4 Å². The largest absolute Gasteiger partial charge is 0.340 e. The van der Waals surface area contributed by atoms with Crippen LogP contribution in [0, 0.1) is 6.92 Å². The monoisotopic (exact) mass is 331 g/mol. The van der Waals surface area contributed by atoms with E-state index in [1.165, 1.54) is 5.56 Å². The minimum absolute atomic E-state index is 0.168. The van der Waals surface area contributed by atoms with E-state index in [9.17, 15) is 0 Å². The number of rotatable bonds is 3. The smallest absolute Gasteiger partial charge is 0.161 e. The summed E-state index contributed by atoms with van der Waals surface area (Å²) in [5, 5.41) is 3.48. The van der Waals surface area contributed by atoms with Crippen molar-refractivity contribution < 1.29 is 0 Å². The van der Waals surface area contributed by atoms with E-state index >= 15 is 0 Å². The lowest BCUT2D eigenvalue weighted by Crippen LogP contribution is -2.29. The maximum Gasteiger partial charge on any atom is 0.161 e. The van der Waals surface area contributed by atoms with Crippen LogP contribution in [-0.2, 0) is 12.8 Å². The van der Waals surface area contributed by atoms with Crippen molar-refractivity contribution in [3.63, 3.8) is 0 Å². The maximum absolute atomic E-state index is 6.19. The second-order valence-electron chi connectivity index (χ2n) is 6.55. The molecule has 1 aromatic carbocycles. The Morgan fingerprint density at radius 3 is 2.76 bits per heavy atom. The van der Waals surface area contributed by atoms with Gasteiger partial charge in [0, 0.05) is 40.9 Å². The number of nitrogens with two attached hydrogens (primary N) is 1. The van der Waals surface area contributed by atoms with Gasteiger partial charge in [0.05, 0.1) is 0 Å². The van der Waals surface area contributed by atoms with Gasteiger partial charge in [-0.15, -0.1) is 0 Å². The number of fused-ring (bicyclic) bond motifs is 1. The fraction of sp³-hybridized carbons (Fsp3) is 0.250. The van der Waals surface area contributed by atoms with Crippen LogP contribution < -0.4 is 11.1 Å². The summed E-state index contributed by atoms with van der Waals surface area (Å²) in [6, 6.07) is 12.3. The summed E-state index contributed by atoms with van der Waals surface area (Å²) in [4.78, 5) is 13.7. The molecule has 0 saturated heterocycles. The number of nitrogens with zero attached hydrogens (tertiary/aromatic N) is 3. The van der Waals surface area contributed by atoms with E-state index in [1.807, 2.05) is 18.2 Å². The summed E-state index contributed by atoms with van der Waals surface area (Å²) >= 11 is 0. The summed E-state index contributed by atoms with van der Waals surface area (Å²) in [6.45, 7) is 2.08. The van der Waals surface area contributed by atoms with Crippen LogP contribution in [-0.4, -0.2) is 21.0 Å². The number of hydrogen-bond donors (Lipinski definition) is 2. The highest BCUT2D eigenvalue weighted by atomic mass is 15.0. The number of aryl methyl sites for hydroxylation is 2. The fourth-order valence-electron chi connectivity index (χ4n) is 3.23. The number of benzene rings is 1. The van der Waals surface area contributed by atoms with Gasteiger partial charge >= 0.3 is 0 Å². The van der Waals surface area contributed by atoms with Crippen LogP contribution in [0.4, 0.5) is 11.5 Å². The van der Waals surface area contributed by atoms with Crippen molar-refractivity contribution in [1.82, 2.24) is 15.0 Å². The summed E-state index contributed by atoms with van der Waals surface area (Å²) in [7, 11) is 0. The quantitative estimate of drug-likeness (QED) is 0.769. The number of aromatic nitrogens is 3. The van der Waals surface area contributed by atoms with Gasteiger partial charge in [0.25, 0.3) is 0 Å². The number of pyridine rings is 1. The van der Waals surface area contributed by atoms with Crippen LogP contribution in [0.5, 0.6) is 0 Å². The van der Waals surface area contributed by atoms with Crippen molar-refractivity contribution in [2.75, 3.05) is 5.32 Å². The first-order valence-electron chi connectivity index (χ1n) is 8.58. The highest BCUT2D eigenvalue weighted by molar-refractivity contribution is 5.65. The van der Waals surface area contributed by atoms with Crippen LogP contribution in [0.25, 0.3) is 11.4 Å².